The lowest BCUT2D eigenvalue weighted by atomic mass is 9.98. The van der Waals surface area contributed by atoms with Crippen LogP contribution < -0.4 is 10.6 Å². The van der Waals surface area contributed by atoms with Gasteiger partial charge in [0.15, 0.2) is 5.82 Å². The Morgan fingerprint density at radius 2 is 1.66 bits per heavy atom. The fourth-order valence-corrected chi connectivity index (χ4v) is 5.44. The molecule has 0 atom stereocenters. The first-order chi connectivity index (χ1) is 21.3. The second-order valence-corrected chi connectivity index (χ2v) is 11.0. The van der Waals surface area contributed by atoms with Crippen molar-refractivity contribution in [3.8, 4) is 22.4 Å². The van der Waals surface area contributed by atoms with Crippen LogP contribution in [0, 0.1) is 12.8 Å². The second-order valence-electron chi connectivity index (χ2n) is 10.6. The van der Waals surface area contributed by atoms with Crippen LogP contribution in [0.25, 0.3) is 22.4 Å². The molecular weight excluding hydrogens is 578 g/mol. The molecule has 1 fully saturated rings. The van der Waals surface area contributed by atoms with Gasteiger partial charge in [-0.3, -0.25) is 4.90 Å². The molecule has 1 aromatic heterocycles. The summed E-state index contributed by atoms with van der Waals surface area (Å²) >= 11 is 6.66. The number of nitrogens with zero attached hydrogens (tertiary/aromatic N) is 3. The maximum atomic E-state index is 11.5. The largest absolute Gasteiger partial charge is 0.478 e. The first-order valence-electron chi connectivity index (χ1n) is 14.3. The number of aryl methyl sites for hydroxylation is 1. The molecule has 0 radical (unpaired) electrons. The van der Waals surface area contributed by atoms with Crippen molar-refractivity contribution in [2.45, 2.75) is 13.5 Å². The molecule has 0 amide bonds. The monoisotopic (exact) mass is 615 g/mol. The number of carboxylic acid groups (broad SMARTS) is 1. The number of nitrogens with one attached hydrogen (secondary N) is 2. The van der Waals surface area contributed by atoms with E-state index < -0.39 is 5.97 Å². The van der Waals surface area contributed by atoms with E-state index in [0.717, 1.165) is 50.0 Å². The summed E-state index contributed by atoms with van der Waals surface area (Å²) in [5.41, 5.74) is 6.95. The number of pyridine rings is 1. The number of aliphatic hydroxyl groups is 2. The number of likely N-dealkylation sites (tertiary alicyclic amines) is 1. The summed E-state index contributed by atoms with van der Waals surface area (Å²) in [6.45, 7) is 10.3. The van der Waals surface area contributed by atoms with E-state index in [1.54, 1.807) is 31.2 Å². The molecule has 2 heterocycles. The van der Waals surface area contributed by atoms with Gasteiger partial charge in [-0.2, -0.15) is 0 Å². The van der Waals surface area contributed by atoms with E-state index in [-0.39, 0.29) is 12.2 Å². The molecule has 0 saturated carbocycles. The van der Waals surface area contributed by atoms with Gasteiger partial charge in [-0.25, -0.2) is 14.8 Å². The maximum Gasteiger partial charge on any atom is 0.336 e. The predicted octanol–water partition coefficient (Wildman–Crippen LogP) is 5.77. The molecule has 44 heavy (non-hydrogen) atoms. The van der Waals surface area contributed by atoms with Crippen LogP contribution in [0.5, 0.6) is 0 Å². The van der Waals surface area contributed by atoms with Crippen LogP contribution in [0.15, 0.2) is 77.8 Å². The molecule has 10 heteroatoms. The third-order valence-electron chi connectivity index (χ3n) is 7.46. The third-order valence-corrected chi connectivity index (χ3v) is 7.75. The van der Waals surface area contributed by atoms with Crippen LogP contribution in [0.3, 0.4) is 0 Å². The fourth-order valence-electron chi connectivity index (χ4n) is 5.18. The van der Waals surface area contributed by atoms with Crippen molar-refractivity contribution >= 4 is 41.5 Å². The van der Waals surface area contributed by atoms with E-state index in [4.69, 9.17) is 21.8 Å². The van der Waals surface area contributed by atoms with Gasteiger partial charge in [0.1, 0.15) is 0 Å². The highest BCUT2D eigenvalue weighted by molar-refractivity contribution is 6.33. The topological polar surface area (TPSA) is 130 Å². The molecule has 9 nitrogen and oxygen atoms in total. The zero-order valence-corrected chi connectivity index (χ0v) is 25.7. The van der Waals surface area contributed by atoms with Crippen LogP contribution in [0.2, 0.25) is 5.02 Å². The molecule has 1 aliphatic rings. The van der Waals surface area contributed by atoms with Crippen LogP contribution in [-0.2, 0) is 6.54 Å². The zero-order valence-electron chi connectivity index (χ0n) is 24.9. The van der Waals surface area contributed by atoms with Gasteiger partial charge in [0.2, 0.25) is 0 Å². The number of aliphatic imine (C=N–C) groups is 1. The van der Waals surface area contributed by atoms with E-state index in [1.807, 2.05) is 12.1 Å². The smallest absolute Gasteiger partial charge is 0.336 e. The van der Waals surface area contributed by atoms with Crippen molar-refractivity contribution < 1.29 is 20.1 Å². The number of rotatable bonds is 12. The van der Waals surface area contributed by atoms with Gasteiger partial charge in [-0.15, -0.1) is 0 Å². The number of carboxylic acids is 1. The number of aromatic nitrogens is 1. The summed E-state index contributed by atoms with van der Waals surface area (Å²) in [5, 5.41) is 32.2. The summed E-state index contributed by atoms with van der Waals surface area (Å²) in [7, 11) is 1.00. The van der Waals surface area contributed by atoms with Crippen molar-refractivity contribution in [3.63, 3.8) is 0 Å². The summed E-state index contributed by atoms with van der Waals surface area (Å²) in [6.07, 6.45) is 0. The van der Waals surface area contributed by atoms with E-state index >= 15 is 0 Å². The number of hydrogen-bond acceptors (Lipinski definition) is 8. The number of aromatic carboxylic acids is 1. The van der Waals surface area contributed by atoms with Gasteiger partial charge in [0, 0.05) is 51.1 Å². The normalized spacial score (nSPS) is 13.0. The molecule has 1 saturated heterocycles. The maximum absolute atomic E-state index is 11.5. The lowest BCUT2D eigenvalue weighted by molar-refractivity contribution is 0.0696. The molecule has 0 bridgehead atoms. The molecular formula is C34H38ClN5O4. The van der Waals surface area contributed by atoms with Crippen molar-refractivity contribution in [2.24, 2.45) is 10.9 Å². The molecule has 3 aromatic carbocycles. The summed E-state index contributed by atoms with van der Waals surface area (Å²) in [6, 6.07) is 23.6. The van der Waals surface area contributed by atoms with Crippen molar-refractivity contribution in [3.05, 3.63) is 94.5 Å². The molecule has 5 N–H and O–H groups in total. The summed E-state index contributed by atoms with van der Waals surface area (Å²) in [5.74, 6) is 0.0263. The third kappa shape index (κ3) is 8.07. The average Bonchev–Trinajstić information content (AvgIpc) is 3.02. The van der Waals surface area contributed by atoms with Crippen LogP contribution in [0.1, 0.15) is 21.5 Å². The van der Waals surface area contributed by atoms with E-state index in [2.05, 4.69) is 68.6 Å². The first kappa shape index (κ1) is 32.8. The zero-order chi connectivity index (χ0) is 31.6. The Balaban J connectivity index is 0.00000216. The van der Waals surface area contributed by atoms with E-state index in [0.29, 0.717) is 45.9 Å². The van der Waals surface area contributed by atoms with E-state index in [9.17, 15) is 9.90 Å². The minimum absolute atomic E-state index is 0.184. The van der Waals surface area contributed by atoms with Gasteiger partial charge in [0.05, 0.1) is 28.6 Å². The highest BCUT2D eigenvalue weighted by Gasteiger charge is 2.25. The Labute approximate surface area is 262 Å². The van der Waals surface area contributed by atoms with Crippen molar-refractivity contribution in [2.75, 3.05) is 45.2 Å². The van der Waals surface area contributed by atoms with Gasteiger partial charge >= 0.3 is 5.97 Å². The predicted molar refractivity (Wildman–Crippen MR) is 178 cm³/mol. The molecule has 5 rings (SSSR count). The van der Waals surface area contributed by atoms with Crippen LogP contribution in [0.4, 0.5) is 17.2 Å². The molecule has 230 valence electrons. The highest BCUT2D eigenvalue weighted by atomic mass is 35.5. The van der Waals surface area contributed by atoms with Gasteiger partial charge in [0.25, 0.3) is 0 Å². The van der Waals surface area contributed by atoms with Gasteiger partial charge < -0.3 is 26.0 Å². The lowest BCUT2D eigenvalue weighted by Crippen LogP contribution is -2.50. The van der Waals surface area contributed by atoms with Crippen LogP contribution >= 0.6 is 11.6 Å². The standard InChI is InChI=1S/C33H34ClN5O3.CH4O/c1-21-3-12-27(15-28(21)33(41)42)37-30-16-29(34)31(38-32(30)35-2)26-10-8-25(9-11-26)24-6-4-22(5-7-24)18-39-19-23(20-39)17-36-13-14-40;1-2/h3-12,15-16,23,36-37,40H,2,13-14,17-20H2,1H3,(H,41,42);2H,1H3. The van der Waals surface area contributed by atoms with Crippen molar-refractivity contribution in [1.82, 2.24) is 15.2 Å². The number of hydrogen-bond donors (Lipinski definition) is 5. The van der Waals surface area contributed by atoms with E-state index in [1.165, 1.54) is 5.56 Å². The second kappa shape index (κ2) is 15.6. The molecule has 4 aromatic rings. The minimum atomic E-state index is -0.992. The Bertz CT molecular complexity index is 1570. The highest BCUT2D eigenvalue weighted by Crippen LogP contribution is 2.36. The quantitative estimate of drug-likeness (QED) is 0.100. The number of halogens is 1. The Hall–Kier alpha value is -4.12. The van der Waals surface area contributed by atoms with Crippen LogP contribution in [-0.4, -0.2) is 77.8 Å². The first-order valence-corrected chi connectivity index (χ1v) is 14.7. The number of anilines is 2. The Morgan fingerprint density at radius 3 is 2.27 bits per heavy atom. The van der Waals surface area contributed by atoms with Crippen molar-refractivity contribution in [1.29, 1.82) is 0 Å². The fraction of sp³-hybridized carbons (Fsp3) is 0.265. The summed E-state index contributed by atoms with van der Waals surface area (Å²) in [4.78, 5) is 22.7. The SMILES string of the molecule is C=Nc1nc(-c2ccc(-c3ccc(CN4CC(CNCCO)C4)cc3)cc2)c(Cl)cc1Nc1ccc(C)c(C(=O)O)c1.CO. The minimum Gasteiger partial charge on any atom is -0.478 e. The lowest BCUT2D eigenvalue weighted by Gasteiger charge is -2.39. The van der Waals surface area contributed by atoms with Gasteiger partial charge in [-0.1, -0.05) is 66.2 Å². The Morgan fingerprint density at radius 1 is 1.02 bits per heavy atom. The average molecular weight is 616 g/mol. The number of carbonyl (C=O) groups is 1. The van der Waals surface area contributed by atoms with Gasteiger partial charge in [-0.05, 0) is 60.0 Å². The molecule has 0 spiro atoms. The number of benzene rings is 3. The number of aliphatic hydroxyl groups excluding tert-OH is 2. The molecule has 1 aliphatic heterocycles. The molecule has 0 aliphatic carbocycles. The Kier molecular flexibility index (Phi) is 11.6. The molecule has 0 unspecified atom stereocenters. The summed E-state index contributed by atoms with van der Waals surface area (Å²) < 4.78 is 0.